The summed E-state index contributed by atoms with van der Waals surface area (Å²) in [6.07, 6.45) is 1.50. The predicted octanol–water partition coefficient (Wildman–Crippen LogP) is 6.01. The summed E-state index contributed by atoms with van der Waals surface area (Å²) in [6.45, 7) is 18.5. The largest absolute Gasteiger partial charge is 0.413 e. The van der Waals surface area contributed by atoms with Crippen molar-refractivity contribution in [1.82, 2.24) is 0 Å². The Morgan fingerprint density at radius 1 is 1.00 bits per heavy atom. The van der Waals surface area contributed by atoms with E-state index in [1.165, 1.54) is 0 Å². The maximum atomic E-state index is 6.61. The molecule has 0 saturated heterocycles. The molecule has 0 bridgehead atoms. The van der Waals surface area contributed by atoms with Gasteiger partial charge in [-0.1, -0.05) is 86.7 Å². The maximum absolute atomic E-state index is 6.61. The first-order valence-corrected chi connectivity index (χ1v) is 11.6. The van der Waals surface area contributed by atoms with E-state index in [1.54, 1.807) is 0 Å². The van der Waals surface area contributed by atoms with Crippen LogP contribution in [0.2, 0.25) is 18.1 Å². The van der Waals surface area contributed by atoms with Crippen LogP contribution in [0.15, 0.2) is 0 Å². The Hall–Kier alpha value is 1.64. The number of alkyl halides is 2. The average molecular weight is 482 g/mol. The van der Waals surface area contributed by atoms with Crippen molar-refractivity contribution in [2.24, 2.45) is 5.41 Å². The van der Waals surface area contributed by atoms with Crippen LogP contribution in [0.4, 0.5) is 0 Å². The second-order valence-corrected chi connectivity index (χ2v) is 17.5. The van der Waals surface area contributed by atoms with E-state index in [4.69, 9.17) is 4.43 Å². The van der Waals surface area contributed by atoms with Gasteiger partial charge in [0.2, 0.25) is 0 Å². The number of halogens is 2. The Kier molecular flexibility index (Phi) is 7.01. The Labute approximate surface area is 136 Å². The molecule has 0 spiro atoms. The first-order chi connectivity index (χ1) is 7.27. The summed E-state index contributed by atoms with van der Waals surface area (Å²) in [5, 5.41) is 0.294. The molecule has 1 unspecified atom stereocenters. The monoisotopic (exact) mass is 482 g/mol. The van der Waals surface area contributed by atoms with Gasteiger partial charge in [0.05, 0.1) is 8.04 Å². The fourth-order valence-electron chi connectivity index (χ4n) is 1.27. The van der Waals surface area contributed by atoms with Crippen LogP contribution in [-0.2, 0) is 4.43 Å². The average Bonchev–Trinajstić information content (AvgIpc) is 1.97. The highest BCUT2D eigenvalue weighted by Gasteiger charge is 2.41. The molecule has 1 nitrogen and oxygen atoms in total. The highest BCUT2D eigenvalue weighted by molar-refractivity contribution is 14.2. The number of rotatable bonds is 4. The molecule has 0 aliphatic heterocycles. The van der Waals surface area contributed by atoms with E-state index in [0.29, 0.717) is 13.1 Å². The topological polar surface area (TPSA) is 9.23 Å². The molecule has 0 amide bonds. The van der Waals surface area contributed by atoms with Gasteiger partial charge >= 0.3 is 0 Å². The molecule has 0 radical (unpaired) electrons. The van der Waals surface area contributed by atoms with Gasteiger partial charge in [-0.15, -0.1) is 0 Å². The van der Waals surface area contributed by atoms with Gasteiger partial charge in [0.1, 0.15) is 0 Å². The molecule has 0 heterocycles. The van der Waals surface area contributed by atoms with Crippen LogP contribution < -0.4 is 0 Å². The summed E-state index contributed by atoms with van der Waals surface area (Å²) < 4.78 is 7.25. The van der Waals surface area contributed by atoms with Crippen molar-refractivity contribution in [3.05, 3.63) is 0 Å². The summed E-state index contributed by atoms with van der Waals surface area (Å²) in [4.78, 5) is 0. The van der Waals surface area contributed by atoms with Crippen LogP contribution in [0, 0.1) is 5.41 Å². The molecule has 17 heavy (non-hydrogen) atoms. The van der Waals surface area contributed by atoms with E-state index in [2.05, 4.69) is 99.8 Å². The zero-order valence-corrected chi connectivity index (χ0v) is 17.8. The third-order valence-corrected chi connectivity index (χ3v) is 9.10. The van der Waals surface area contributed by atoms with Gasteiger partial charge < -0.3 is 4.43 Å². The molecule has 0 saturated carbocycles. The summed E-state index contributed by atoms with van der Waals surface area (Å²) in [7, 11) is -1.65. The smallest absolute Gasteiger partial charge is 0.192 e. The van der Waals surface area contributed by atoms with Crippen LogP contribution in [0.3, 0.4) is 0 Å². The van der Waals surface area contributed by atoms with E-state index in [1.807, 2.05) is 0 Å². The highest BCUT2D eigenvalue weighted by atomic mass is 127. The van der Waals surface area contributed by atoms with Crippen molar-refractivity contribution >= 4 is 53.5 Å². The zero-order chi connectivity index (χ0) is 14.1. The van der Waals surface area contributed by atoms with Crippen molar-refractivity contribution in [2.75, 3.05) is 0 Å². The second-order valence-electron chi connectivity index (χ2n) is 7.36. The Bertz CT molecular complexity index is 239. The molecule has 4 heteroatoms. The third-order valence-electron chi connectivity index (χ3n) is 3.60. The summed E-state index contributed by atoms with van der Waals surface area (Å²) >= 11 is 4.98. The normalized spacial score (nSPS) is 16.4. The second kappa shape index (κ2) is 6.39. The fourth-order valence-corrected chi connectivity index (χ4v) is 3.71. The van der Waals surface area contributed by atoms with Crippen molar-refractivity contribution in [1.29, 1.82) is 0 Å². The van der Waals surface area contributed by atoms with Crippen molar-refractivity contribution in [3.63, 3.8) is 0 Å². The lowest BCUT2D eigenvalue weighted by molar-refractivity contribution is 0.0705. The van der Waals surface area contributed by atoms with Gasteiger partial charge in [-0.25, -0.2) is 0 Å². The molecule has 0 aromatic carbocycles. The summed E-state index contributed by atoms with van der Waals surface area (Å²) in [6, 6.07) is 0. The molecular formula is C13H28I2OSi. The first-order valence-electron chi connectivity index (χ1n) is 6.23. The van der Waals surface area contributed by atoms with Crippen LogP contribution in [0.5, 0.6) is 0 Å². The summed E-state index contributed by atoms with van der Waals surface area (Å²) in [5.41, 5.74) is 0.226. The van der Waals surface area contributed by atoms with Gasteiger partial charge in [-0.05, 0) is 30.0 Å². The Balaban J connectivity index is 4.88. The maximum Gasteiger partial charge on any atom is 0.192 e. The van der Waals surface area contributed by atoms with Gasteiger partial charge in [-0.3, -0.25) is 0 Å². The Morgan fingerprint density at radius 3 is 1.65 bits per heavy atom. The molecule has 0 rings (SSSR count). The van der Waals surface area contributed by atoms with Crippen molar-refractivity contribution in [2.45, 2.75) is 74.1 Å². The first kappa shape index (κ1) is 18.6. The van der Waals surface area contributed by atoms with Crippen LogP contribution >= 0.6 is 45.2 Å². The zero-order valence-electron chi connectivity index (χ0n) is 12.5. The molecule has 104 valence electrons. The quantitative estimate of drug-likeness (QED) is 0.271. The van der Waals surface area contributed by atoms with Crippen LogP contribution in [-0.4, -0.2) is 16.4 Å². The van der Waals surface area contributed by atoms with Crippen LogP contribution in [0.25, 0.3) is 0 Å². The lowest BCUT2D eigenvalue weighted by Crippen LogP contribution is -2.47. The molecule has 0 fully saturated rings. The lowest BCUT2D eigenvalue weighted by atomic mass is 9.88. The highest BCUT2D eigenvalue weighted by Crippen LogP contribution is 2.41. The third kappa shape index (κ3) is 6.56. The SMILES string of the molecule is CC(C)(C)C(CC(I)I)O[Si](C)(C)C(C)(C)C. The summed E-state index contributed by atoms with van der Waals surface area (Å²) in [5.74, 6) is 0. The van der Waals surface area contributed by atoms with E-state index in [9.17, 15) is 0 Å². The van der Waals surface area contributed by atoms with Crippen LogP contribution in [0.1, 0.15) is 48.0 Å². The molecule has 0 aliphatic rings. The minimum Gasteiger partial charge on any atom is -0.413 e. The van der Waals surface area contributed by atoms with Gasteiger partial charge in [-0.2, -0.15) is 0 Å². The lowest BCUT2D eigenvalue weighted by Gasteiger charge is -2.43. The van der Waals surface area contributed by atoms with E-state index in [-0.39, 0.29) is 5.41 Å². The number of hydrogen-bond acceptors (Lipinski definition) is 1. The molecule has 0 aromatic rings. The van der Waals surface area contributed by atoms with E-state index in [0.717, 1.165) is 6.42 Å². The molecule has 1 atom stereocenters. The molecule has 0 N–H and O–H groups in total. The van der Waals surface area contributed by atoms with Gasteiger partial charge in [0, 0.05) is 0 Å². The molecule has 0 aromatic heterocycles. The van der Waals surface area contributed by atoms with E-state index >= 15 is 0 Å². The Morgan fingerprint density at radius 2 is 1.41 bits per heavy atom. The molecular weight excluding hydrogens is 454 g/mol. The number of hydrogen-bond donors (Lipinski definition) is 0. The van der Waals surface area contributed by atoms with Gasteiger partial charge in [0.25, 0.3) is 0 Å². The van der Waals surface area contributed by atoms with E-state index < -0.39 is 8.32 Å². The van der Waals surface area contributed by atoms with Crippen molar-refractivity contribution in [3.8, 4) is 0 Å². The fraction of sp³-hybridized carbons (Fsp3) is 1.00. The minimum atomic E-state index is -1.65. The standard InChI is InChI=1S/C13H28I2OSi/c1-12(2,3)10(9-11(14)15)16-17(7,8)13(4,5)6/h10-11H,9H2,1-8H3. The predicted molar refractivity (Wildman–Crippen MR) is 98.0 cm³/mol. The van der Waals surface area contributed by atoms with Gasteiger partial charge in [0.15, 0.2) is 8.32 Å². The molecule has 0 aliphatic carbocycles. The van der Waals surface area contributed by atoms with Crippen molar-refractivity contribution < 1.29 is 4.43 Å². The minimum absolute atomic E-state index is 0.226.